The van der Waals surface area contributed by atoms with Gasteiger partial charge >= 0.3 is 0 Å². The Morgan fingerprint density at radius 3 is 2.31 bits per heavy atom. The first kappa shape index (κ1) is 20.6. The average Bonchev–Trinajstić information content (AvgIpc) is 3.18. The van der Waals surface area contributed by atoms with Crippen LogP contribution in [0.1, 0.15) is 36.3 Å². The Labute approximate surface area is 173 Å². The summed E-state index contributed by atoms with van der Waals surface area (Å²) in [6, 6.07) is 15.1. The van der Waals surface area contributed by atoms with E-state index in [1.54, 1.807) is 19.2 Å². The van der Waals surface area contributed by atoms with Crippen LogP contribution in [0.3, 0.4) is 0 Å². The topological polar surface area (TPSA) is 87.2 Å². The van der Waals surface area contributed by atoms with Gasteiger partial charge in [0.25, 0.3) is 11.8 Å². The van der Waals surface area contributed by atoms with Gasteiger partial charge in [0.05, 0.1) is 6.54 Å². The van der Waals surface area contributed by atoms with Gasteiger partial charge in [0.1, 0.15) is 5.01 Å². The number of aromatic nitrogens is 2. The fourth-order valence-electron chi connectivity index (χ4n) is 2.74. The van der Waals surface area contributed by atoms with Crippen molar-refractivity contribution < 1.29 is 9.59 Å². The number of nitrogens with one attached hydrogen (secondary N) is 2. The lowest BCUT2D eigenvalue weighted by atomic mass is 10.1. The van der Waals surface area contributed by atoms with Crippen molar-refractivity contribution in [3.8, 4) is 0 Å². The van der Waals surface area contributed by atoms with E-state index >= 15 is 0 Å². The molecule has 0 saturated heterocycles. The molecule has 1 heterocycles. The van der Waals surface area contributed by atoms with E-state index in [0.717, 1.165) is 21.8 Å². The zero-order valence-corrected chi connectivity index (χ0v) is 17.4. The number of benzene rings is 2. The third kappa shape index (κ3) is 5.69. The van der Waals surface area contributed by atoms with E-state index in [9.17, 15) is 9.59 Å². The monoisotopic (exact) mass is 409 g/mol. The molecule has 2 N–H and O–H groups in total. The van der Waals surface area contributed by atoms with E-state index in [0.29, 0.717) is 23.7 Å². The van der Waals surface area contributed by atoms with Gasteiger partial charge in [-0.25, -0.2) is 0 Å². The SMILES string of the molecule is CNC(=O)c1ccc(CN(C)Cc2nnc(C(=O)Nc3ccc(C)cc3)s2)cc1. The van der Waals surface area contributed by atoms with Crippen LogP contribution < -0.4 is 10.6 Å². The first-order valence-corrected chi connectivity index (χ1v) is 9.96. The second-order valence-electron chi connectivity index (χ2n) is 6.77. The van der Waals surface area contributed by atoms with Crippen LogP contribution in [0.25, 0.3) is 0 Å². The Morgan fingerprint density at radius 1 is 0.966 bits per heavy atom. The van der Waals surface area contributed by atoms with Crippen molar-refractivity contribution in [3.05, 3.63) is 75.2 Å². The maximum Gasteiger partial charge on any atom is 0.286 e. The summed E-state index contributed by atoms with van der Waals surface area (Å²) in [7, 11) is 3.58. The molecule has 0 unspecified atom stereocenters. The molecule has 7 nitrogen and oxygen atoms in total. The molecule has 3 aromatic rings. The predicted octanol–water partition coefficient (Wildman–Crippen LogP) is 3.09. The highest BCUT2D eigenvalue weighted by Crippen LogP contribution is 2.16. The van der Waals surface area contributed by atoms with E-state index in [2.05, 4.69) is 25.7 Å². The Balaban J connectivity index is 1.55. The molecule has 0 fully saturated rings. The Bertz CT molecular complexity index is 983. The lowest BCUT2D eigenvalue weighted by Gasteiger charge is -2.15. The molecule has 0 radical (unpaired) electrons. The second kappa shape index (κ2) is 9.40. The van der Waals surface area contributed by atoms with E-state index in [4.69, 9.17) is 0 Å². The van der Waals surface area contributed by atoms with Crippen molar-refractivity contribution in [1.82, 2.24) is 20.4 Å². The standard InChI is InChI=1S/C21H23N5O2S/c1-14-4-10-17(11-5-14)23-20(28)21-25-24-18(29-21)13-26(3)12-15-6-8-16(9-7-15)19(27)22-2/h4-11H,12-13H2,1-3H3,(H,22,27)(H,23,28). The molecule has 2 aromatic carbocycles. The van der Waals surface area contributed by atoms with Crippen LogP contribution in [-0.2, 0) is 13.1 Å². The van der Waals surface area contributed by atoms with Gasteiger partial charge in [0.15, 0.2) is 0 Å². The summed E-state index contributed by atoms with van der Waals surface area (Å²) in [5, 5.41) is 14.7. The van der Waals surface area contributed by atoms with Crippen molar-refractivity contribution in [2.24, 2.45) is 0 Å². The highest BCUT2D eigenvalue weighted by molar-refractivity contribution is 7.13. The number of aryl methyl sites for hydroxylation is 1. The summed E-state index contributed by atoms with van der Waals surface area (Å²) in [5.41, 5.74) is 3.58. The van der Waals surface area contributed by atoms with Gasteiger partial charge in [-0.15, -0.1) is 10.2 Å². The molecule has 0 saturated carbocycles. The summed E-state index contributed by atoms with van der Waals surface area (Å²) in [5.74, 6) is -0.361. The van der Waals surface area contributed by atoms with E-state index < -0.39 is 0 Å². The second-order valence-corrected chi connectivity index (χ2v) is 7.83. The predicted molar refractivity (Wildman–Crippen MR) is 114 cm³/mol. The molecule has 3 rings (SSSR count). The largest absolute Gasteiger partial charge is 0.355 e. The minimum absolute atomic E-state index is 0.102. The van der Waals surface area contributed by atoms with Crippen LogP contribution in [0.5, 0.6) is 0 Å². The molecule has 2 amide bonds. The molecule has 29 heavy (non-hydrogen) atoms. The lowest BCUT2D eigenvalue weighted by Crippen LogP contribution is -2.19. The van der Waals surface area contributed by atoms with Crippen molar-refractivity contribution in [2.75, 3.05) is 19.4 Å². The molecule has 8 heteroatoms. The molecule has 0 aliphatic rings. The molecule has 1 aromatic heterocycles. The summed E-state index contributed by atoms with van der Waals surface area (Å²) in [4.78, 5) is 26.0. The zero-order valence-electron chi connectivity index (χ0n) is 16.6. The van der Waals surface area contributed by atoms with Crippen LogP contribution in [0.2, 0.25) is 0 Å². The van der Waals surface area contributed by atoms with Crippen molar-refractivity contribution in [2.45, 2.75) is 20.0 Å². The highest BCUT2D eigenvalue weighted by atomic mass is 32.1. The minimum Gasteiger partial charge on any atom is -0.355 e. The molecule has 0 aliphatic carbocycles. The number of anilines is 1. The Hall–Kier alpha value is -3.10. The number of carbonyl (C=O) groups excluding carboxylic acids is 2. The number of hydrogen-bond acceptors (Lipinski definition) is 6. The number of amides is 2. The van der Waals surface area contributed by atoms with E-state index in [1.165, 1.54) is 11.3 Å². The van der Waals surface area contributed by atoms with Crippen molar-refractivity contribution >= 4 is 28.8 Å². The third-order valence-corrected chi connectivity index (χ3v) is 5.18. The molecular formula is C21H23N5O2S. The maximum atomic E-state index is 12.4. The normalized spacial score (nSPS) is 10.8. The smallest absolute Gasteiger partial charge is 0.286 e. The number of nitrogens with zero attached hydrogens (tertiary/aromatic N) is 3. The summed E-state index contributed by atoms with van der Waals surface area (Å²) in [6.45, 7) is 3.26. The van der Waals surface area contributed by atoms with Crippen LogP contribution in [0, 0.1) is 6.92 Å². The number of carbonyl (C=O) groups is 2. The minimum atomic E-state index is -0.259. The third-order valence-electron chi connectivity index (χ3n) is 4.27. The Kier molecular flexibility index (Phi) is 6.69. The van der Waals surface area contributed by atoms with Gasteiger partial charge in [-0.1, -0.05) is 41.2 Å². The summed E-state index contributed by atoms with van der Waals surface area (Å²) in [6.07, 6.45) is 0. The van der Waals surface area contributed by atoms with Gasteiger partial charge in [-0.2, -0.15) is 0 Å². The average molecular weight is 410 g/mol. The van der Waals surface area contributed by atoms with E-state index in [-0.39, 0.29) is 11.8 Å². The van der Waals surface area contributed by atoms with Crippen LogP contribution in [-0.4, -0.2) is 41.0 Å². The van der Waals surface area contributed by atoms with Crippen molar-refractivity contribution in [1.29, 1.82) is 0 Å². The summed E-state index contributed by atoms with van der Waals surface area (Å²) >= 11 is 1.28. The van der Waals surface area contributed by atoms with Crippen LogP contribution >= 0.6 is 11.3 Å². The first-order chi connectivity index (χ1) is 13.9. The van der Waals surface area contributed by atoms with Crippen LogP contribution in [0.4, 0.5) is 5.69 Å². The molecule has 0 aliphatic heterocycles. The van der Waals surface area contributed by atoms with Gasteiger partial charge < -0.3 is 10.6 Å². The number of rotatable bonds is 7. The molecule has 0 atom stereocenters. The van der Waals surface area contributed by atoms with Gasteiger partial charge in [-0.05, 0) is 43.8 Å². The van der Waals surface area contributed by atoms with Gasteiger partial charge in [0.2, 0.25) is 5.01 Å². The van der Waals surface area contributed by atoms with Gasteiger partial charge in [-0.3, -0.25) is 14.5 Å². The quantitative estimate of drug-likeness (QED) is 0.626. The molecule has 0 bridgehead atoms. The fraction of sp³-hybridized carbons (Fsp3) is 0.238. The Morgan fingerprint density at radius 2 is 1.66 bits per heavy atom. The van der Waals surface area contributed by atoms with Gasteiger partial charge in [0, 0.05) is 24.8 Å². The lowest BCUT2D eigenvalue weighted by molar-refractivity contribution is 0.0962. The molecular weight excluding hydrogens is 386 g/mol. The first-order valence-electron chi connectivity index (χ1n) is 9.14. The number of hydrogen-bond donors (Lipinski definition) is 2. The maximum absolute atomic E-state index is 12.4. The molecule has 150 valence electrons. The zero-order chi connectivity index (χ0) is 20.8. The summed E-state index contributed by atoms with van der Waals surface area (Å²) < 4.78 is 0. The molecule has 0 spiro atoms. The fourth-order valence-corrected chi connectivity index (χ4v) is 3.55. The van der Waals surface area contributed by atoms with Crippen LogP contribution in [0.15, 0.2) is 48.5 Å². The highest BCUT2D eigenvalue weighted by Gasteiger charge is 2.14. The van der Waals surface area contributed by atoms with E-state index in [1.807, 2.05) is 50.4 Å². The van der Waals surface area contributed by atoms with Crippen molar-refractivity contribution in [3.63, 3.8) is 0 Å².